The van der Waals surface area contributed by atoms with Gasteiger partial charge < -0.3 is 40.8 Å². The number of aliphatic hydroxyl groups is 1. The predicted molar refractivity (Wildman–Crippen MR) is 118 cm³/mol. The maximum atomic E-state index is 11.9. The van der Waals surface area contributed by atoms with Crippen molar-refractivity contribution in [3.8, 4) is 0 Å². The van der Waals surface area contributed by atoms with Crippen molar-refractivity contribution in [2.24, 2.45) is 0 Å². The molecule has 0 saturated carbocycles. The predicted octanol–water partition coefficient (Wildman–Crippen LogP) is -1.18. The van der Waals surface area contributed by atoms with Crippen LogP contribution in [0.4, 0.5) is 0 Å². The number of amides is 2. The van der Waals surface area contributed by atoms with Crippen molar-refractivity contribution in [1.29, 1.82) is 0 Å². The zero-order valence-corrected chi connectivity index (χ0v) is 23.5. The fourth-order valence-electron chi connectivity index (χ4n) is 2.43. The number of hydrogen-bond acceptors (Lipinski definition) is 8. The van der Waals surface area contributed by atoms with Crippen molar-refractivity contribution in [3.05, 3.63) is 0 Å². The van der Waals surface area contributed by atoms with Crippen LogP contribution in [0.25, 0.3) is 0 Å². The zero-order chi connectivity index (χ0) is 23.4. The van der Waals surface area contributed by atoms with Crippen LogP contribution in [0.3, 0.4) is 0 Å². The van der Waals surface area contributed by atoms with E-state index in [1.54, 1.807) is 0 Å². The minimum atomic E-state index is -5.50. The van der Waals surface area contributed by atoms with Crippen LogP contribution >= 0.6 is 40.4 Å². The van der Waals surface area contributed by atoms with Crippen molar-refractivity contribution in [3.63, 3.8) is 0 Å². The van der Waals surface area contributed by atoms with Gasteiger partial charge in [-0.05, 0) is 19.4 Å². The summed E-state index contributed by atoms with van der Waals surface area (Å²) >= 11 is 8.15. The molecule has 0 spiro atoms. The van der Waals surface area contributed by atoms with Crippen LogP contribution in [0.15, 0.2) is 0 Å². The molecule has 0 aliphatic rings. The molecule has 0 aromatic carbocycles. The van der Waals surface area contributed by atoms with Crippen molar-refractivity contribution >= 4 is 52.3 Å². The normalized spacial score (nSPS) is 12.0. The van der Waals surface area contributed by atoms with Gasteiger partial charge >= 0.3 is 15.2 Å². The molecule has 0 bridgehead atoms. The van der Waals surface area contributed by atoms with E-state index in [2.05, 4.69) is 35.9 Å². The third-order valence-electron chi connectivity index (χ3n) is 4.04. The van der Waals surface area contributed by atoms with Gasteiger partial charge in [0.2, 0.25) is 11.8 Å². The molecule has 0 aliphatic carbocycles. The van der Waals surface area contributed by atoms with Gasteiger partial charge in [0.05, 0.1) is 6.54 Å². The van der Waals surface area contributed by atoms with Gasteiger partial charge in [-0.2, -0.15) is 25.3 Å². The number of thiol groups is 2. The van der Waals surface area contributed by atoms with E-state index in [1.165, 1.54) is 0 Å². The van der Waals surface area contributed by atoms with Crippen molar-refractivity contribution in [2.75, 3.05) is 44.2 Å². The standard InChI is InChI=1S/C14H31N3O9P2S2.O.Re/c18-12(3-1-7-17(8-10-30)11-13(19)16-6-9-29)15-5-2-4-14(20,27(21,22)23)28(24,25)26;;/h20,29-30H,1-11H2,(H,15,18)(H,16,19)(H2,21,22,23)(H2,24,25,26);;/q;-2;. The molecule has 32 heavy (non-hydrogen) atoms. The molecule has 1 radical (unpaired) electrons. The number of hydrogen-bond donors (Lipinski definition) is 9. The van der Waals surface area contributed by atoms with E-state index in [0.717, 1.165) is 0 Å². The van der Waals surface area contributed by atoms with Crippen LogP contribution < -0.4 is 10.6 Å². The van der Waals surface area contributed by atoms with E-state index in [4.69, 9.17) is 19.6 Å². The molecule has 13 nitrogen and oxygen atoms in total. The van der Waals surface area contributed by atoms with Crippen LogP contribution in [0.2, 0.25) is 0 Å². The number of rotatable bonds is 16. The third-order valence-corrected chi connectivity index (χ3v) is 8.34. The topological polar surface area (TPSA) is 225 Å². The van der Waals surface area contributed by atoms with Crippen LogP contribution in [-0.4, -0.2) is 90.7 Å². The minimum absolute atomic E-state index is 0. The largest absolute Gasteiger partial charge is 2.00 e. The van der Waals surface area contributed by atoms with E-state index < -0.39 is 26.7 Å². The van der Waals surface area contributed by atoms with Crippen LogP contribution in [0, 0.1) is 0 Å². The SMILES string of the molecule is O=C(CCCN(CCS)CC(=O)NCCS)NCCCC(O)(P(=O)(O)O)P(=O)(O)O.[O-2].[Re]. The Labute approximate surface area is 211 Å². The number of nitrogens with one attached hydrogen (secondary N) is 2. The summed E-state index contributed by atoms with van der Waals surface area (Å²) in [6.45, 7) is 1.52. The quantitative estimate of drug-likeness (QED) is 0.0529. The third kappa shape index (κ3) is 14.0. The van der Waals surface area contributed by atoms with E-state index in [1.807, 2.05) is 4.90 Å². The second-order valence-electron chi connectivity index (χ2n) is 6.49. The van der Waals surface area contributed by atoms with Gasteiger partial charge in [-0.1, -0.05) is 0 Å². The first-order chi connectivity index (χ1) is 13.8. The Morgan fingerprint density at radius 2 is 1.41 bits per heavy atom. The average molecular weight is 714 g/mol. The summed E-state index contributed by atoms with van der Waals surface area (Å²) in [6.07, 6.45) is -0.592. The van der Waals surface area contributed by atoms with E-state index >= 15 is 0 Å². The first-order valence-electron chi connectivity index (χ1n) is 9.09. The molecule has 193 valence electrons. The van der Waals surface area contributed by atoms with Gasteiger partial charge in [-0.3, -0.25) is 23.6 Å². The van der Waals surface area contributed by atoms with Crippen molar-refractivity contribution in [2.45, 2.75) is 30.8 Å². The van der Waals surface area contributed by atoms with Crippen molar-refractivity contribution < 1.29 is 69.3 Å². The molecule has 0 aromatic heterocycles. The molecular weight excluding hydrogens is 682 g/mol. The Balaban J connectivity index is -0.00000420. The van der Waals surface area contributed by atoms with Gasteiger partial charge in [-0.15, -0.1) is 0 Å². The minimum Gasteiger partial charge on any atom is -2.00 e. The fourth-order valence-corrected chi connectivity index (χ4v) is 5.08. The Kier molecular flexibility index (Phi) is 20.7. The van der Waals surface area contributed by atoms with E-state index in [0.29, 0.717) is 37.6 Å². The Hall–Kier alpha value is 0.482. The zero-order valence-electron chi connectivity index (χ0n) is 17.2. The molecule has 0 heterocycles. The maximum Gasteiger partial charge on any atom is 0.369 e. The number of carbonyl (C=O) groups is 2. The summed E-state index contributed by atoms with van der Waals surface area (Å²) in [5, 5.41) is 11.4. The van der Waals surface area contributed by atoms with Crippen LogP contribution in [-0.2, 0) is 44.6 Å². The molecule has 7 N–H and O–H groups in total. The summed E-state index contributed by atoms with van der Waals surface area (Å²) < 4.78 is 22.5. The summed E-state index contributed by atoms with van der Waals surface area (Å²) in [5.74, 6) is 0.529. The smallest absolute Gasteiger partial charge is 0.369 e. The van der Waals surface area contributed by atoms with Gasteiger partial charge in [0.15, 0.2) is 0 Å². The summed E-state index contributed by atoms with van der Waals surface area (Å²) in [4.78, 5) is 61.6. The molecule has 0 atom stereocenters. The Morgan fingerprint density at radius 3 is 1.88 bits per heavy atom. The number of nitrogens with zero attached hydrogens (tertiary/aromatic N) is 1. The Morgan fingerprint density at radius 1 is 0.875 bits per heavy atom. The first-order valence-corrected chi connectivity index (χ1v) is 13.6. The molecule has 0 aliphatic heterocycles. The molecule has 0 rings (SSSR count). The molecule has 0 unspecified atom stereocenters. The summed E-state index contributed by atoms with van der Waals surface area (Å²) in [6, 6.07) is 0. The van der Waals surface area contributed by atoms with Crippen LogP contribution in [0.5, 0.6) is 0 Å². The van der Waals surface area contributed by atoms with Gasteiger partial charge in [0.25, 0.3) is 5.08 Å². The fraction of sp³-hybridized carbons (Fsp3) is 0.857. The maximum absolute atomic E-state index is 11.9. The molecule has 18 heteroatoms. The first kappa shape index (κ1) is 37.0. The second-order valence-corrected chi connectivity index (χ2v) is 11.4. The average Bonchev–Trinajstić information content (AvgIpc) is 2.61. The Bertz CT molecular complexity index is 630. The van der Waals surface area contributed by atoms with Crippen molar-refractivity contribution in [1.82, 2.24) is 15.5 Å². The van der Waals surface area contributed by atoms with Crippen LogP contribution in [0.1, 0.15) is 25.7 Å². The van der Waals surface area contributed by atoms with Gasteiger partial charge in [0, 0.05) is 64.4 Å². The van der Waals surface area contributed by atoms with E-state index in [9.17, 15) is 23.8 Å². The number of carbonyl (C=O) groups excluding carboxylic acids is 2. The molecule has 0 aromatic rings. The molecule has 2 amide bonds. The summed E-state index contributed by atoms with van der Waals surface area (Å²) in [5.41, 5.74) is 0. The summed E-state index contributed by atoms with van der Waals surface area (Å²) in [7, 11) is -11.0. The molecular formula is C14H31N3O10P2ReS2-2. The molecule has 0 saturated heterocycles. The monoisotopic (exact) mass is 714 g/mol. The van der Waals surface area contributed by atoms with Gasteiger partial charge in [0.1, 0.15) is 0 Å². The van der Waals surface area contributed by atoms with Gasteiger partial charge in [-0.25, -0.2) is 0 Å². The molecule has 0 fully saturated rings. The second kappa shape index (κ2) is 17.8. The van der Waals surface area contributed by atoms with E-state index in [-0.39, 0.29) is 63.6 Å².